The van der Waals surface area contributed by atoms with Crippen LogP contribution in [0, 0.1) is 16.7 Å². The first-order valence-corrected chi connectivity index (χ1v) is 12.7. The van der Waals surface area contributed by atoms with E-state index >= 15 is 0 Å². The number of nitrogens with zero attached hydrogens (tertiary/aromatic N) is 3. The van der Waals surface area contributed by atoms with Crippen LogP contribution in [0.15, 0.2) is 29.2 Å². The van der Waals surface area contributed by atoms with Gasteiger partial charge in [0.25, 0.3) is 0 Å². The van der Waals surface area contributed by atoms with E-state index < -0.39 is 10.0 Å². The van der Waals surface area contributed by atoms with Crippen molar-refractivity contribution in [2.24, 2.45) is 16.7 Å². The molecule has 2 atom stereocenters. The molecule has 2 aliphatic heterocycles. The van der Waals surface area contributed by atoms with E-state index in [1.165, 1.54) is 0 Å². The molecule has 1 aliphatic carbocycles. The van der Waals surface area contributed by atoms with Crippen LogP contribution in [0.4, 0.5) is 0 Å². The number of amides is 1. The molecule has 3 aliphatic rings. The Hall–Kier alpha value is -1.64. The number of carbonyl (C=O) groups excluding carboxylic acids is 1. The standard InChI is InChI=1S/C23H35N3O4S/c1-5-25-16-20-22(10-11-23(20,17-25)21(27)24(2)3)12-14-26(15-13-22)31(28,29)19-8-6-18(30-4)7-9-19/h6-9,20H,5,10-17H2,1-4H3/t20-,23+/m1/s1. The Kier molecular flexibility index (Phi) is 5.85. The van der Waals surface area contributed by atoms with Crippen molar-refractivity contribution in [3.63, 3.8) is 0 Å². The Labute approximate surface area is 186 Å². The topological polar surface area (TPSA) is 70.2 Å². The van der Waals surface area contributed by atoms with E-state index in [9.17, 15) is 13.2 Å². The second-order valence-electron chi connectivity index (χ2n) is 9.68. The molecule has 3 fully saturated rings. The second-order valence-corrected chi connectivity index (χ2v) is 11.6. The summed E-state index contributed by atoms with van der Waals surface area (Å²) in [5.74, 6) is 1.20. The largest absolute Gasteiger partial charge is 0.497 e. The van der Waals surface area contributed by atoms with E-state index in [-0.39, 0.29) is 16.7 Å². The summed E-state index contributed by atoms with van der Waals surface area (Å²) in [5.41, 5.74) is -0.252. The molecule has 1 aromatic rings. The lowest BCUT2D eigenvalue weighted by Gasteiger charge is -2.44. The minimum Gasteiger partial charge on any atom is -0.497 e. The van der Waals surface area contributed by atoms with Crippen LogP contribution >= 0.6 is 0 Å². The smallest absolute Gasteiger partial charge is 0.243 e. The van der Waals surface area contributed by atoms with Crippen LogP contribution in [0.3, 0.4) is 0 Å². The molecule has 4 rings (SSSR count). The lowest BCUT2D eigenvalue weighted by atomic mass is 9.66. The zero-order valence-electron chi connectivity index (χ0n) is 19.1. The lowest BCUT2D eigenvalue weighted by molar-refractivity contribution is -0.141. The second kappa shape index (κ2) is 8.05. The maximum absolute atomic E-state index is 13.3. The Morgan fingerprint density at radius 3 is 2.32 bits per heavy atom. The highest BCUT2D eigenvalue weighted by molar-refractivity contribution is 7.89. The molecule has 1 aromatic carbocycles. The maximum Gasteiger partial charge on any atom is 0.243 e. The fourth-order valence-electron chi connectivity index (χ4n) is 6.36. The number of fused-ring (bicyclic) bond motifs is 2. The predicted octanol–water partition coefficient (Wildman–Crippen LogP) is 2.29. The minimum absolute atomic E-state index is 0.0571. The quantitative estimate of drug-likeness (QED) is 0.690. The van der Waals surface area contributed by atoms with E-state index in [0.29, 0.717) is 29.7 Å². The van der Waals surface area contributed by atoms with Crippen molar-refractivity contribution >= 4 is 15.9 Å². The lowest BCUT2D eigenvalue weighted by Crippen LogP contribution is -2.49. The summed E-state index contributed by atoms with van der Waals surface area (Å²) in [6, 6.07) is 6.61. The molecular formula is C23H35N3O4S. The predicted molar refractivity (Wildman–Crippen MR) is 119 cm³/mol. The summed E-state index contributed by atoms with van der Waals surface area (Å²) in [4.78, 5) is 17.8. The monoisotopic (exact) mass is 449 g/mol. The number of likely N-dealkylation sites (tertiary alicyclic amines) is 1. The van der Waals surface area contributed by atoms with Gasteiger partial charge in [-0.2, -0.15) is 4.31 Å². The molecule has 0 radical (unpaired) electrons. The van der Waals surface area contributed by atoms with Crippen LogP contribution in [0.5, 0.6) is 5.75 Å². The van der Waals surface area contributed by atoms with Crippen molar-refractivity contribution in [1.29, 1.82) is 0 Å². The molecule has 8 heteroatoms. The van der Waals surface area contributed by atoms with Crippen molar-refractivity contribution in [2.45, 2.75) is 37.5 Å². The van der Waals surface area contributed by atoms with Gasteiger partial charge >= 0.3 is 0 Å². The summed E-state index contributed by atoms with van der Waals surface area (Å²) in [6.07, 6.45) is 3.59. The Morgan fingerprint density at radius 2 is 1.77 bits per heavy atom. The van der Waals surface area contributed by atoms with Crippen molar-refractivity contribution in [3.8, 4) is 5.75 Å². The molecule has 31 heavy (non-hydrogen) atoms. The third-order valence-corrected chi connectivity index (χ3v) is 10.0. The van der Waals surface area contributed by atoms with Gasteiger partial charge < -0.3 is 14.5 Å². The number of ether oxygens (including phenoxy) is 1. The van der Waals surface area contributed by atoms with Crippen molar-refractivity contribution < 1.29 is 17.9 Å². The van der Waals surface area contributed by atoms with Crippen LogP contribution < -0.4 is 4.74 Å². The summed E-state index contributed by atoms with van der Waals surface area (Å²) in [7, 11) is 1.76. The van der Waals surface area contributed by atoms with Crippen LogP contribution in [-0.4, -0.2) is 82.4 Å². The summed E-state index contributed by atoms with van der Waals surface area (Å²) < 4.78 is 33.2. The first kappa shape index (κ1) is 22.6. The van der Waals surface area contributed by atoms with Gasteiger partial charge in [-0.05, 0) is 67.8 Å². The zero-order chi connectivity index (χ0) is 22.4. The molecule has 2 saturated heterocycles. The first-order chi connectivity index (χ1) is 14.7. The fourth-order valence-corrected chi connectivity index (χ4v) is 7.80. The maximum atomic E-state index is 13.3. The normalized spacial score (nSPS) is 28.6. The molecule has 2 heterocycles. The van der Waals surface area contributed by atoms with Crippen molar-refractivity contribution in [1.82, 2.24) is 14.1 Å². The molecule has 0 aromatic heterocycles. The number of methoxy groups -OCH3 is 1. The van der Waals surface area contributed by atoms with Gasteiger partial charge in [-0.1, -0.05) is 6.92 Å². The number of rotatable bonds is 5. The number of benzene rings is 1. The van der Waals surface area contributed by atoms with Crippen LogP contribution in [0.1, 0.15) is 32.6 Å². The third-order valence-electron chi connectivity index (χ3n) is 8.12. The van der Waals surface area contributed by atoms with Crippen LogP contribution in [0.25, 0.3) is 0 Å². The van der Waals surface area contributed by atoms with Gasteiger partial charge in [0.15, 0.2) is 0 Å². The van der Waals surface area contributed by atoms with E-state index in [1.54, 1.807) is 40.6 Å². The van der Waals surface area contributed by atoms with Gasteiger partial charge in [0.05, 0.1) is 17.4 Å². The Morgan fingerprint density at radius 1 is 1.13 bits per heavy atom. The van der Waals surface area contributed by atoms with Gasteiger partial charge in [0.2, 0.25) is 15.9 Å². The average molecular weight is 450 g/mol. The number of carbonyl (C=O) groups is 1. The molecule has 0 unspecified atom stereocenters. The number of hydrogen-bond donors (Lipinski definition) is 0. The molecule has 172 valence electrons. The Bertz CT molecular complexity index is 923. The van der Waals surface area contributed by atoms with E-state index in [0.717, 1.165) is 45.3 Å². The third kappa shape index (κ3) is 3.56. The number of piperidine rings is 1. The van der Waals surface area contributed by atoms with Gasteiger partial charge in [-0.15, -0.1) is 0 Å². The summed E-state index contributed by atoms with van der Waals surface area (Å²) in [5, 5.41) is 0. The molecule has 1 amide bonds. The summed E-state index contributed by atoms with van der Waals surface area (Å²) >= 11 is 0. The number of hydrogen-bond acceptors (Lipinski definition) is 5. The molecule has 1 saturated carbocycles. The molecule has 7 nitrogen and oxygen atoms in total. The highest BCUT2D eigenvalue weighted by Gasteiger charge is 2.64. The Balaban J connectivity index is 1.54. The molecule has 0 N–H and O–H groups in total. The number of sulfonamides is 1. The highest BCUT2D eigenvalue weighted by atomic mass is 32.2. The van der Waals surface area contributed by atoms with Gasteiger partial charge in [0.1, 0.15) is 5.75 Å². The fraction of sp³-hybridized carbons (Fsp3) is 0.696. The van der Waals surface area contributed by atoms with Crippen LogP contribution in [-0.2, 0) is 14.8 Å². The minimum atomic E-state index is -3.52. The van der Waals surface area contributed by atoms with E-state index in [1.807, 2.05) is 14.1 Å². The van der Waals surface area contributed by atoms with E-state index in [4.69, 9.17) is 4.74 Å². The molecule has 1 spiro atoms. The SMILES string of the molecule is CCN1C[C@@H]2C3(CCN(S(=O)(=O)c4ccc(OC)cc4)CC3)CC[C@]2(C(=O)N(C)C)C1. The van der Waals surface area contributed by atoms with Gasteiger partial charge in [-0.3, -0.25) is 4.79 Å². The highest BCUT2D eigenvalue weighted by Crippen LogP contribution is 2.62. The molecular weight excluding hydrogens is 414 g/mol. The average Bonchev–Trinajstić information content (AvgIpc) is 3.30. The van der Waals surface area contributed by atoms with E-state index in [2.05, 4.69) is 11.8 Å². The van der Waals surface area contributed by atoms with Crippen molar-refractivity contribution in [2.75, 3.05) is 53.9 Å². The van der Waals surface area contributed by atoms with Gasteiger partial charge in [-0.25, -0.2) is 8.42 Å². The van der Waals surface area contributed by atoms with Crippen LogP contribution in [0.2, 0.25) is 0 Å². The zero-order valence-corrected chi connectivity index (χ0v) is 20.0. The molecule has 0 bridgehead atoms. The van der Waals surface area contributed by atoms with Gasteiger partial charge in [0, 0.05) is 40.3 Å². The van der Waals surface area contributed by atoms with Crippen molar-refractivity contribution in [3.05, 3.63) is 24.3 Å². The summed E-state index contributed by atoms with van der Waals surface area (Å²) in [6.45, 7) is 5.92. The first-order valence-electron chi connectivity index (χ1n) is 11.3.